The second kappa shape index (κ2) is 7.37. The van der Waals surface area contributed by atoms with Crippen LogP contribution >= 0.6 is 0 Å². The maximum absolute atomic E-state index is 11.8. The number of benzene rings is 2. The van der Waals surface area contributed by atoms with E-state index in [1.54, 1.807) is 36.4 Å². The van der Waals surface area contributed by atoms with Crippen molar-refractivity contribution in [3.63, 3.8) is 0 Å². The highest BCUT2D eigenvalue weighted by Crippen LogP contribution is 2.26. The molecular formula is C16H16N2O5. The SMILES string of the molecule is COC(=O)c1ccccc1N[C@H](OC)c1cccc([N+](=O)[O-])c1. The largest absolute Gasteiger partial charge is 0.465 e. The average Bonchev–Trinajstić information content (AvgIpc) is 2.59. The van der Waals surface area contributed by atoms with Gasteiger partial charge in [0.1, 0.15) is 0 Å². The standard InChI is InChI=1S/C16H16N2O5/c1-22-15(11-6-5-7-12(10-11)18(20)21)17-14-9-4-3-8-13(14)16(19)23-2/h3-10,15,17H,1-2H3/t15-/m1/s1. The first-order valence-electron chi connectivity index (χ1n) is 6.78. The summed E-state index contributed by atoms with van der Waals surface area (Å²) in [4.78, 5) is 22.2. The molecule has 0 unspecified atom stereocenters. The summed E-state index contributed by atoms with van der Waals surface area (Å²) in [6, 6.07) is 12.9. The van der Waals surface area contributed by atoms with Crippen molar-refractivity contribution in [2.45, 2.75) is 6.23 Å². The normalized spacial score (nSPS) is 11.6. The highest BCUT2D eigenvalue weighted by Gasteiger charge is 2.18. The summed E-state index contributed by atoms with van der Waals surface area (Å²) in [7, 11) is 2.77. The molecule has 0 aliphatic carbocycles. The van der Waals surface area contributed by atoms with Gasteiger partial charge in [0.25, 0.3) is 5.69 Å². The van der Waals surface area contributed by atoms with Crippen molar-refractivity contribution in [2.75, 3.05) is 19.5 Å². The summed E-state index contributed by atoms with van der Waals surface area (Å²) in [5.41, 5.74) is 1.40. The third-order valence-electron chi connectivity index (χ3n) is 3.24. The van der Waals surface area contributed by atoms with Crippen LogP contribution in [0, 0.1) is 10.1 Å². The topological polar surface area (TPSA) is 90.7 Å². The lowest BCUT2D eigenvalue weighted by Gasteiger charge is -2.20. The molecule has 0 saturated heterocycles. The van der Waals surface area contributed by atoms with Crippen LogP contribution in [0.1, 0.15) is 22.1 Å². The fourth-order valence-corrected chi connectivity index (χ4v) is 2.12. The summed E-state index contributed by atoms with van der Waals surface area (Å²) in [5, 5.41) is 13.9. The number of nitrogens with one attached hydrogen (secondary N) is 1. The first kappa shape index (κ1) is 16.4. The fourth-order valence-electron chi connectivity index (χ4n) is 2.12. The van der Waals surface area contributed by atoms with Gasteiger partial charge in [0, 0.05) is 24.8 Å². The van der Waals surface area contributed by atoms with E-state index in [0.29, 0.717) is 16.8 Å². The third-order valence-corrected chi connectivity index (χ3v) is 3.24. The molecule has 120 valence electrons. The molecule has 0 radical (unpaired) electrons. The maximum Gasteiger partial charge on any atom is 0.339 e. The Balaban J connectivity index is 2.32. The Morgan fingerprint density at radius 1 is 1.17 bits per heavy atom. The molecule has 7 nitrogen and oxygen atoms in total. The number of rotatable bonds is 6. The average molecular weight is 316 g/mol. The number of hydrogen-bond donors (Lipinski definition) is 1. The van der Waals surface area contributed by atoms with Crippen molar-refractivity contribution >= 4 is 17.3 Å². The zero-order chi connectivity index (χ0) is 16.8. The van der Waals surface area contributed by atoms with Crippen molar-refractivity contribution < 1.29 is 19.2 Å². The summed E-state index contributed by atoms with van der Waals surface area (Å²) >= 11 is 0. The first-order valence-corrected chi connectivity index (χ1v) is 6.78. The van der Waals surface area contributed by atoms with Crippen molar-refractivity contribution in [3.8, 4) is 0 Å². The minimum atomic E-state index is -0.652. The summed E-state index contributed by atoms with van der Waals surface area (Å²) in [6.45, 7) is 0. The van der Waals surface area contributed by atoms with Crippen LogP contribution in [0.2, 0.25) is 0 Å². The number of para-hydroxylation sites is 1. The van der Waals surface area contributed by atoms with Gasteiger partial charge in [-0.25, -0.2) is 4.79 Å². The Bertz CT molecular complexity index is 717. The number of carbonyl (C=O) groups excluding carboxylic acids is 1. The summed E-state index contributed by atoms with van der Waals surface area (Å²) < 4.78 is 10.1. The highest BCUT2D eigenvalue weighted by atomic mass is 16.6. The molecule has 0 aliphatic rings. The smallest absolute Gasteiger partial charge is 0.339 e. The van der Waals surface area contributed by atoms with Gasteiger partial charge in [-0.1, -0.05) is 24.3 Å². The van der Waals surface area contributed by atoms with Crippen molar-refractivity contribution in [1.82, 2.24) is 0 Å². The van der Waals surface area contributed by atoms with E-state index in [1.807, 2.05) is 0 Å². The Hall–Kier alpha value is -2.93. The van der Waals surface area contributed by atoms with Gasteiger partial charge in [0.05, 0.1) is 23.3 Å². The summed E-state index contributed by atoms with van der Waals surface area (Å²) in [6.07, 6.45) is -0.652. The molecule has 0 fully saturated rings. The number of anilines is 1. The van der Waals surface area contributed by atoms with Gasteiger partial charge >= 0.3 is 5.97 Å². The van der Waals surface area contributed by atoms with Gasteiger partial charge in [0.2, 0.25) is 0 Å². The quantitative estimate of drug-likeness (QED) is 0.381. The van der Waals surface area contributed by atoms with Crippen LogP contribution in [0.25, 0.3) is 0 Å². The lowest BCUT2D eigenvalue weighted by Crippen LogP contribution is -2.15. The predicted octanol–water partition coefficient (Wildman–Crippen LogP) is 3.14. The molecule has 0 aromatic heterocycles. The zero-order valence-electron chi connectivity index (χ0n) is 12.7. The van der Waals surface area contributed by atoms with Crippen LogP contribution in [-0.2, 0) is 9.47 Å². The number of carbonyl (C=O) groups is 1. The van der Waals surface area contributed by atoms with E-state index in [0.717, 1.165) is 0 Å². The molecule has 0 saturated carbocycles. The minimum Gasteiger partial charge on any atom is -0.465 e. The second-order valence-electron chi connectivity index (χ2n) is 4.65. The Kier molecular flexibility index (Phi) is 5.27. The lowest BCUT2D eigenvalue weighted by atomic mass is 10.1. The molecule has 0 spiro atoms. The first-order chi connectivity index (χ1) is 11.1. The van der Waals surface area contributed by atoms with Crippen molar-refractivity contribution in [3.05, 3.63) is 69.8 Å². The number of methoxy groups -OCH3 is 2. The Morgan fingerprint density at radius 3 is 2.57 bits per heavy atom. The number of hydrogen-bond acceptors (Lipinski definition) is 6. The van der Waals surface area contributed by atoms with Gasteiger partial charge in [-0.15, -0.1) is 0 Å². The Labute approximate surface area is 133 Å². The zero-order valence-corrected chi connectivity index (χ0v) is 12.7. The molecule has 2 aromatic rings. The van der Waals surface area contributed by atoms with E-state index in [1.165, 1.54) is 26.4 Å². The summed E-state index contributed by atoms with van der Waals surface area (Å²) in [5.74, 6) is -0.484. The Morgan fingerprint density at radius 2 is 1.91 bits per heavy atom. The molecule has 23 heavy (non-hydrogen) atoms. The van der Waals surface area contributed by atoms with Gasteiger partial charge in [0.15, 0.2) is 6.23 Å². The minimum absolute atomic E-state index is 0.0346. The monoisotopic (exact) mass is 316 g/mol. The fraction of sp³-hybridized carbons (Fsp3) is 0.188. The van der Waals surface area contributed by atoms with E-state index in [-0.39, 0.29) is 5.69 Å². The molecule has 1 atom stereocenters. The van der Waals surface area contributed by atoms with Gasteiger partial charge in [-0.05, 0) is 12.1 Å². The van der Waals surface area contributed by atoms with Crippen LogP contribution in [0.3, 0.4) is 0 Å². The molecular weight excluding hydrogens is 300 g/mol. The van der Waals surface area contributed by atoms with Crippen LogP contribution in [-0.4, -0.2) is 25.1 Å². The van der Waals surface area contributed by atoms with Crippen LogP contribution in [0.5, 0.6) is 0 Å². The van der Waals surface area contributed by atoms with E-state index in [9.17, 15) is 14.9 Å². The van der Waals surface area contributed by atoms with Crippen LogP contribution in [0.15, 0.2) is 48.5 Å². The second-order valence-corrected chi connectivity index (χ2v) is 4.65. The molecule has 0 aliphatic heterocycles. The van der Waals surface area contributed by atoms with Gasteiger partial charge in [-0.3, -0.25) is 10.1 Å². The number of esters is 1. The van der Waals surface area contributed by atoms with E-state index in [4.69, 9.17) is 9.47 Å². The molecule has 0 bridgehead atoms. The van der Waals surface area contributed by atoms with Crippen LogP contribution < -0.4 is 5.32 Å². The third kappa shape index (κ3) is 3.83. The number of nitrogens with zero attached hydrogens (tertiary/aromatic N) is 1. The number of nitro benzene ring substituents is 1. The van der Waals surface area contributed by atoms with E-state index in [2.05, 4.69) is 5.32 Å². The van der Waals surface area contributed by atoms with Gasteiger partial charge < -0.3 is 14.8 Å². The van der Waals surface area contributed by atoms with Crippen LogP contribution in [0.4, 0.5) is 11.4 Å². The van der Waals surface area contributed by atoms with E-state index >= 15 is 0 Å². The van der Waals surface area contributed by atoms with Gasteiger partial charge in [-0.2, -0.15) is 0 Å². The lowest BCUT2D eigenvalue weighted by molar-refractivity contribution is -0.385. The van der Waals surface area contributed by atoms with Crippen molar-refractivity contribution in [1.29, 1.82) is 0 Å². The molecule has 0 amide bonds. The van der Waals surface area contributed by atoms with Crippen molar-refractivity contribution in [2.24, 2.45) is 0 Å². The molecule has 2 aromatic carbocycles. The highest BCUT2D eigenvalue weighted by molar-refractivity contribution is 5.95. The predicted molar refractivity (Wildman–Crippen MR) is 84.3 cm³/mol. The number of nitro groups is 1. The molecule has 2 rings (SSSR count). The molecule has 1 N–H and O–H groups in total. The molecule has 0 heterocycles. The number of ether oxygens (including phenoxy) is 2. The molecule has 7 heteroatoms. The maximum atomic E-state index is 11.8. The number of non-ortho nitro benzene ring substituents is 1. The van der Waals surface area contributed by atoms with E-state index < -0.39 is 17.1 Å².